The molecule has 0 saturated carbocycles. The Balaban J connectivity index is 2.15. The summed E-state index contributed by atoms with van der Waals surface area (Å²) in [5.41, 5.74) is 1.56. The van der Waals surface area contributed by atoms with E-state index in [1.807, 2.05) is 30.3 Å². The second-order valence-electron chi connectivity index (χ2n) is 4.10. The summed E-state index contributed by atoms with van der Waals surface area (Å²) < 4.78 is 5.54. The number of benzene rings is 2. The van der Waals surface area contributed by atoms with Crippen LogP contribution in [0.5, 0.6) is 5.75 Å². The van der Waals surface area contributed by atoms with Gasteiger partial charge in [-0.15, -0.1) is 0 Å². The zero-order valence-electron chi connectivity index (χ0n) is 10.2. The highest BCUT2D eigenvalue weighted by atomic mass is 16.5. The monoisotopic (exact) mass is 256 g/mol. The van der Waals surface area contributed by atoms with Crippen LogP contribution in [0.25, 0.3) is 0 Å². The highest BCUT2D eigenvalue weighted by Gasteiger charge is 2.13. The third-order valence-corrected chi connectivity index (χ3v) is 2.63. The molecule has 2 rings (SSSR count). The first-order chi connectivity index (χ1) is 9.19. The van der Waals surface area contributed by atoms with Crippen LogP contribution in [0.3, 0.4) is 0 Å². The lowest BCUT2D eigenvalue weighted by Crippen LogP contribution is -2.30. The van der Waals surface area contributed by atoms with Gasteiger partial charge in [-0.3, -0.25) is 4.79 Å². The standard InChI is InChI=1S/C14H13BO4/c16-9-12-6-13(15(17)18)8-14(7-12)19-10-11-4-2-1-3-5-11/h1-9,17-18H,10H2. The molecule has 4 nitrogen and oxygen atoms in total. The van der Waals surface area contributed by atoms with Crippen LogP contribution in [-0.4, -0.2) is 23.5 Å². The summed E-state index contributed by atoms with van der Waals surface area (Å²) in [7, 11) is -1.63. The quantitative estimate of drug-likeness (QED) is 0.612. The maximum atomic E-state index is 10.8. The van der Waals surface area contributed by atoms with Crippen molar-refractivity contribution >= 4 is 18.9 Å². The van der Waals surface area contributed by atoms with Gasteiger partial charge in [0.05, 0.1) is 0 Å². The van der Waals surface area contributed by atoms with Gasteiger partial charge in [-0.2, -0.15) is 0 Å². The van der Waals surface area contributed by atoms with Gasteiger partial charge < -0.3 is 14.8 Å². The molecule has 0 aliphatic heterocycles. The van der Waals surface area contributed by atoms with Crippen molar-refractivity contribution < 1.29 is 19.6 Å². The fourth-order valence-electron chi connectivity index (χ4n) is 1.69. The van der Waals surface area contributed by atoms with Crippen LogP contribution in [0.1, 0.15) is 15.9 Å². The number of hydrogen-bond donors (Lipinski definition) is 2. The minimum absolute atomic E-state index is 0.229. The molecule has 0 unspecified atom stereocenters. The summed E-state index contributed by atoms with van der Waals surface area (Å²) in [4.78, 5) is 10.8. The number of carbonyl (C=O) groups excluding carboxylic acids is 1. The summed E-state index contributed by atoms with van der Waals surface area (Å²) in [5.74, 6) is 0.427. The average Bonchev–Trinajstić information content (AvgIpc) is 2.45. The molecule has 0 spiro atoms. The van der Waals surface area contributed by atoms with E-state index >= 15 is 0 Å². The van der Waals surface area contributed by atoms with Crippen molar-refractivity contribution in [1.82, 2.24) is 0 Å². The smallest absolute Gasteiger partial charge is 0.488 e. The molecule has 0 bridgehead atoms. The predicted molar refractivity (Wildman–Crippen MR) is 72.4 cm³/mol. The fraction of sp³-hybridized carbons (Fsp3) is 0.0714. The SMILES string of the molecule is O=Cc1cc(OCc2ccccc2)cc(B(O)O)c1. The van der Waals surface area contributed by atoms with Crippen molar-refractivity contribution in [2.24, 2.45) is 0 Å². The first-order valence-corrected chi connectivity index (χ1v) is 5.82. The molecule has 0 atom stereocenters. The van der Waals surface area contributed by atoms with Gasteiger partial charge >= 0.3 is 7.12 Å². The van der Waals surface area contributed by atoms with Crippen LogP contribution in [0, 0.1) is 0 Å². The minimum atomic E-state index is -1.63. The Morgan fingerprint density at radius 1 is 1.11 bits per heavy atom. The van der Waals surface area contributed by atoms with Gasteiger partial charge in [0.1, 0.15) is 18.6 Å². The Labute approximate surface area is 111 Å². The summed E-state index contributed by atoms with van der Waals surface area (Å²) in [5, 5.41) is 18.3. The van der Waals surface area contributed by atoms with Gasteiger partial charge in [-0.05, 0) is 23.2 Å². The molecule has 0 fully saturated rings. The largest absolute Gasteiger partial charge is 0.489 e. The van der Waals surface area contributed by atoms with Gasteiger partial charge in [0.25, 0.3) is 0 Å². The molecule has 96 valence electrons. The molecule has 2 aromatic rings. The highest BCUT2D eigenvalue weighted by molar-refractivity contribution is 6.58. The highest BCUT2D eigenvalue weighted by Crippen LogP contribution is 2.13. The molecule has 5 heteroatoms. The zero-order valence-corrected chi connectivity index (χ0v) is 10.2. The molecule has 2 N–H and O–H groups in total. The molecule has 0 aromatic heterocycles. The summed E-state index contributed by atoms with van der Waals surface area (Å²) in [6.07, 6.45) is 0.640. The second kappa shape index (κ2) is 6.18. The summed E-state index contributed by atoms with van der Waals surface area (Å²) in [6, 6.07) is 14.0. The van der Waals surface area contributed by atoms with Crippen molar-refractivity contribution in [2.75, 3.05) is 0 Å². The molecule has 0 saturated heterocycles. The maximum absolute atomic E-state index is 10.8. The second-order valence-corrected chi connectivity index (χ2v) is 4.10. The van der Waals surface area contributed by atoms with Crippen LogP contribution >= 0.6 is 0 Å². The van der Waals surface area contributed by atoms with E-state index in [1.54, 1.807) is 6.07 Å². The number of aldehydes is 1. The first-order valence-electron chi connectivity index (χ1n) is 5.82. The Bertz CT molecular complexity index is 555. The van der Waals surface area contributed by atoms with E-state index in [-0.39, 0.29) is 5.46 Å². The summed E-state index contributed by atoms with van der Waals surface area (Å²) in [6.45, 7) is 0.351. The van der Waals surface area contributed by atoms with E-state index < -0.39 is 7.12 Å². The van der Waals surface area contributed by atoms with Crippen LogP contribution in [0.15, 0.2) is 48.5 Å². The molecule has 0 radical (unpaired) electrons. The lowest BCUT2D eigenvalue weighted by molar-refractivity contribution is 0.112. The van der Waals surface area contributed by atoms with Crippen molar-refractivity contribution in [2.45, 2.75) is 6.61 Å². The minimum Gasteiger partial charge on any atom is -0.489 e. The molecule has 2 aromatic carbocycles. The van der Waals surface area contributed by atoms with Crippen LogP contribution in [-0.2, 0) is 6.61 Å². The van der Waals surface area contributed by atoms with Crippen molar-refractivity contribution in [3.8, 4) is 5.75 Å². The van der Waals surface area contributed by atoms with Crippen LogP contribution < -0.4 is 10.2 Å². The van der Waals surface area contributed by atoms with E-state index in [4.69, 9.17) is 14.8 Å². The van der Waals surface area contributed by atoms with Gasteiger partial charge in [0.2, 0.25) is 0 Å². The van der Waals surface area contributed by atoms with Gasteiger partial charge in [-0.25, -0.2) is 0 Å². The van der Waals surface area contributed by atoms with E-state index in [1.165, 1.54) is 12.1 Å². The predicted octanol–water partition coefficient (Wildman–Crippen LogP) is 0.758. The average molecular weight is 256 g/mol. The molecule has 0 heterocycles. The van der Waals surface area contributed by atoms with Gasteiger partial charge in [-0.1, -0.05) is 36.4 Å². The molecule has 0 aliphatic carbocycles. The van der Waals surface area contributed by atoms with Gasteiger partial charge in [0.15, 0.2) is 0 Å². The number of ether oxygens (including phenoxy) is 1. The third-order valence-electron chi connectivity index (χ3n) is 2.63. The number of carbonyl (C=O) groups is 1. The zero-order chi connectivity index (χ0) is 13.7. The molecular weight excluding hydrogens is 243 g/mol. The Morgan fingerprint density at radius 2 is 1.84 bits per heavy atom. The van der Waals surface area contributed by atoms with E-state index in [2.05, 4.69) is 0 Å². The topological polar surface area (TPSA) is 66.8 Å². The Kier molecular flexibility index (Phi) is 4.33. The van der Waals surface area contributed by atoms with Crippen LogP contribution in [0.2, 0.25) is 0 Å². The van der Waals surface area contributed by atoms with E-state index in [0.29, 0.717) is 24.2 Å². The van der Waals surface area contributed by atoms with Gasteiger partial charge in [0, 0.05) is 5.56 Å². The fourth-order valence-corrected chi connectivity index (χ4v) is 1.69. The third kappa shape index (κ3) is 3.68. The number of rotatable bonds is 5. The van der Waals surface area contributed by atoms with Crippen molar-refractivity contribution in [3.05, 3.63) is 59.7 Å². The molecular formula is C14H13BO4. The van der Waals surface area contributed by atoms with Crippen molar-refractivity contribution in [1.29, 1.82) is 0 Å². The molecule has 0 aliphatic rings. The maximum Gasteiger partial charge on any atom is 0.488 e. The van der Waals surface area contributed by atoms with Crippen LogP contribution in [0.4, 0.5) is 0 Å². The van der Waals surface area contributed by atoms with E-state index in [0.717, 1.165) is 5.56 Å². The molecule has 19 heavy (non-hydrogen) atoms. The summed E-state index contributed by atoms with van der Waals surface area (Å²) >= 11 is 0. The normalized spacial score (nSPS) is 10.0. The number of hydrogen-bond acceptors (Lipinski definition) is 4. The Morgan fingerprint density at radius 3 is 2.47 bits per heavy atom. The Hall–Kier alpha value is -2.11. The van der Waals surface area contributed by atoms with E-state index in [9.17, 15) is 4.79 Å². The molecule has 0 amide bonds. The first kappa shape index (κ1) is 13.3. The lowest BCUT2D eigenvalue weighted by atomic mass is 9.79. The lowest BCUT2D eigenvalue weighted by Gasteiger charge is -2.09. The van der Waals surface area contributed by atoms with Crippen molar-refractivity contribution in [3.63, 3.8) is 0 Å².